The Morgan fingerprint density at radius 2 is 1.84 bits per heavy atom. The fourth-order valence-electron chi connectivity index (χ4n) is 3.06. The number of furan rings is 1. The Kier molecular flexibility index (Phi) is 6.18. The summed E-state index contributed by atoms with van der Waals surface area (Å²) in [7, 11) is 0. The molecule has 2 aromatic carbocycles. The zero-order chi connectivity index (χ0) is 22.7. The van der Waals surface area contributed by atoms with Crippen molar-refractivity contribution >= 4 is 34.4 Å². The van der Waals surface area contributed by atoms with Crippen LogP contribution in [0.1, 0.15) is 23.2 Å². The molecule has 0 saturated heterocycles. The van der Waals surface area contributed by atoms with Crippen LogP contribution in [0, 0.1) is 5.82 Å². The van der Waals surface area contributed by atoms with Crippen LogP contribution in [-0.4, -0.2) is 27.0 Å². The number of fused-ring (bicyclic) bond motifs is 1. The standard InChI is InChI=1S/C23H18FN3O4S/c1-14(28)25-12-17-10-11-21(31-17)20(29)13-32-23-26-19-5-3-2-4-18(19)22(30)27(23)16-8-6-15(24)7-9-16/h2-11H,12-13H2,1H3,(H,25,28). The Morgan fingerprint density at radius 3 is 2.59 bits per heavy atom. The highest BCUT2D eigenvalue weighted by atomic mass is 32.2. The fourth-order valence-corrected chi connectivity index (χ4v) is 3.95. The van der Waals surface area contributed by atoms with Gasteiger partial charge in [0.2, 0.25) is 11.7 Å². The zero-order valence-corrected chi connectivity index (χ0v) is 17.8. The second kappa shape index (κ2) is 9.19. The van der Waals surface area contributed by atoms with Crippen molar-refractivity contribution in [2.45, 2.75) is 18.6 Å². The molecule has 0 aliphatic carbocycles. The van der Waals surface area contributed by atoms with Crippen LogP contribution < -0.4 is 10.9 Å². The van der Waals surface area contributed by atoms with Gasteiger partial charge in [-0.1, -0.05) is 23.9 Å². The first-order valence-electron chi connectivity index (χ1n) is 9.69. The molecule has 0 aliphatic rings. The molecular weight excluding hydrogens is 433 g/mol. The summed E-state index contributed by atoms with van der Waals surface area (Å²) in [5, 5.41) is 3.32. The first-order valence-corrected chi connectivity index (χ1v) is 10.7. The van der Waals surface area contributed by atoms with Gasteiger partial charge < -0.3 is 9.73 Å². The quantitative estimate of drug-likeness (QED) is 0.261. The van der Waals surface area contributed by atoms with E-state index >= 15 is 0 Å². The van der Waals surface area contributed by atoms with Gasteiger partial charge in [0, 0.05) is 6.92 Å². The molecule has 9 heteroatoms. The number of Topliss-reactive ketones (excluding diaryl/α,β-unsaturated/α-hetero) is 1. The summed E-state index contributed by atoms with van der Waals surface area (Å²) < 4.78 is 20.3. The van der Waals surface area contributed by atoms with Gasteiger partial charge in [-0.2, -0.15) is 0 Å². The molecule has 0 unspecified atom stereocenters. The van der Waals surface area contributed by atoms with Crippen LogP contribution in [0.3, 0.4) is 0 Å². The van der Waals surface area contributed by atoms with Crippen molar-refractivity contribution in [3.05, 3.63) is 88.4 Å². The van der Waals surface area contributed by atoms with Gasteiger partial charge >= 0.3 is 0 Å². The molecule has 0 aliphatic heterocycles. The third kappa shape index (κ3) is 4.62. The van der Waals surface area contributed by atoms with Crippen LogP contribution in [0.4, 0.5) is 4.39 Å². The van der Waals surface area contributed by atoms with E-state index in [1.807, 2.05) is 0 Å². The highest BCUT2D eigenvalue weighted by Gasteiger charge is 2.17. The van der Waals surface area contributed by atoms with E-state index in [2.05, 4.69) is 10.3 Å². The minimum absolute atomic E-state index is 0.0287. The molecule has 2 heterocycles. The molecular formula is C23H18FN3O4S. The maximum Gasteiger partial charge on any atom is 0.266 e. The number of hydrogen-bond donors (Lipinski definition) is 1. The third-order valence-corrected chi connectivity index (χ3v) is 5.55. The number of ketones is 1. The van der Waals surface area contributed by atoms with Crippen LogP contribution >= 0.6 is 11.8 Å². The Labute approximate surface area is 186 Å². The second-order valence-electron chi connectivity index (χ2n) is 6.92. The normalized spacial score (nSPS) is 10.9. The summed E-state index contributed by atoms with van der Waals surface area (Å²) in [6.45, 7) is 1.58. The lowest BCUT2D eigenvalue weighted by Crippen LogP contribution is -2.22. The van der Waals surface area contributed by atoms with Crippen molar-refractivity contribution in [3.63, 3.8) is 0 Å². The van der Waals surface area contributed by atoms with Crippen LogP contribution in [0.25, 0.3) is 16.6 Å². The summed E-state index contributed by atoms with van der Waals surface area (Å²) >= 11 is 1.08. The molecule has 32 heavy (non-hydrogen) atoms. The Hall–Kier alpha value is -3.72. The number of halogens is 1. The largest absolute Gasteiger partial charge is 0.456 e. The fraction of sp³-hybridized carbons (Fsp3) is 0.130. The number of nitrogens with one attached hydrogen (secondary N) is 1. The average molecular weight is 451 g/mol. The smallest absolute Gasteiger partial charge is 0.266 e. The van der Waals surface area contributed by atoms with Gasteiger partial charge in [-0.25, -0.2) is 9.37 Å². The predicted molar refractivity (Wildman–Crippen MR) is 119 cm³/mol. The van der Waals surface area contributed by atoms with Gasteiger partial charge in [0.25, 0.3) is 5.56 Å². The number of rotatable bonds is 7. The molecule has 1 N–H and O–H groups in total. The lowest BCUT2D eigenvalue weighted by Gasteiger charge is -2.12. The Bertz CT molecular complexity index is 1360. The SMILES string of the molecule is CC(=O)NCc1ccc(C(=O)CSc2nc3ccccc3c(=O)n2-c2ccc(F)cc2)o1. The zero-order valence-electron chi connectivity index (χ0n) is 17.0. The van der Waals surface area contributed by atoms with Crippen LogP contribution in [0.5, 0.6) is 0 Å². The van der Waals surface area contributed by atoms with Crippen molar-refractivity contribution in [2.24, 2.45) is 0 Å². The highest BCUT2D eigenvalue weighted by Crippen LogP contribution is 2.23. The number of amides is 1. The van der Waals surface area contributed by atoms with E-state index in [0.717, 1.165) is 11.8 Å². The number of carbonyl (C=O) groups excluding carboxylic acids is 2. The van der Waals surface area contributed by atoms with E-state index in [0.29, 0.717) is 27.5 Å². The van der Waals surface area contributed by atoms with Gasteiger partial charge in [0.05, 0.1) is 28.9 Å². The summed E-state index contributed by atoms with van der Waals surface area (Å²) in [6.07, 6.45) is 0. The maximum atomic E-state index is 13.4. The van der Waals surface area contributed by atoms with Crippen molar-refractivity contribution < 1.29 is 18.4 Å². The minimum Gasteiger partial charge on any atom is -0.456 e. The van der Waals surface area contributed by atoms with Gasteiger partial charge in [-0.15, -0.1) is 0 Å². The van der Waals surface area contributed by atoms with Gasteiger partial charge in [-0.05, 0) is 48.5 Å². The molecule has 2 aromatic heterocycles. The molecule has 162 valence electrons. The van der Waals surface area contributed by atoms with Crippen molar-refractivity contribution in [3.8, 4) is 5.69 Å². The first kappa shape index (κ1) is 21.5. The molecule has 1 amide bonds. The summed E-state index contributed by atoms with van der Waals surface area (Å²) in [5.41, 5.74) is 0.634. The Balaban J connectivity index is 1.63. The molecule has 0 fully saturated rings. The maximum absolute atomic E-state index is 13.4. The lowest BCUT2D eigenvalue weighted by atomic mass is 10.2. The van der Waals surface area contributed by atoms with Crippen LogP contribution in [0.15, 0.2) is 75.0 Å². The van der Waals surface area contributed by atoms with E-state index < -0.39 is 5.82 Å². The molecule has 4 rings (SSSR count). The van der Waals surface area contributed by atoms with Gasteiger partial charge in [0.1, 0.15) is 11.6 Å². The van der Waals surface area contributed by atoms with E-state index in [9.17, 15) is 18.8 Å². The number of nitrogens with zero attached hydrogens (tertiary/aromatic N) is 2. The van der Waals surface area contributed by atoms with Crippen molar-refractivity contribution in [2.75, 3.05) is 5.75 Å². The molecule has 0 radical (unpaired) electrons. The summed E-state index contributed by atoms with van der Waals surface area (Å²) in [6, 6.07) is 15.6. The summed E-state index contributed by atoms with van der Waals surface area (Å²) in [5.74, 6) is -0.343. The monoisotopic (exact) mass is 451 g/mol. The lowest BCUT2D eigenvalue weighted by molar-refractivity contribution is -0.119. The van der Waals surface area contributed by atoms with Crippen LogP contribution in [-0.2, 0) is 11.3 Å². The number of hydrogen-bond acceptors (Lipinski definition) is 6. The number of thioether (sulfide) groups is 1. The van der Waals surface area contributed by atoms with Crippen LogP contribution in [0.2, 0.25) is 0 Å². The number of aromatic nitrogens is 2. The van der Waals surface area contributed by atoms with Crippen molar-refractivity contribution in [1.29, 1.82) is 0 Å². The Morgan fingerprint density at radius 1 is 1.09 bits per heavy atom. The molecule has 0 saturated carbocycles. The van der Waals surface area contributed by atoms with E-state index in [-0.39, 0.29) is 35.3 Å². The number of benzene rings is 2. The number of para-hydroxylation sites is 1. The van der Waals surface area contributed by atoms with E-state index in [4.69, 9.17) is 4.42 Å². The molecule has 4 aromatic rings. The summed E-state index contributed by atoms with van der Waals surface area (Å²) in [4.78, 5) is 41.4. The second-order valence-corrected chi connectivity index (χ2v) is 7.86. The molecule has 7 nitrogen and oxygen atoms in total. The third-order valence-electron chi connectivity index (χ3n) is 4.61. The minimum atomic E-state index is -0.423. The highest BCUT2D eigenvalue weighted by molar-refractivity contribution is 7.99. The van der Waals surface area contributed by atoms with E-state index in [1.54, 1.807) is 36.4 Å². The molecule has 0 spiro atoms. The average Bonchev–Trinajstić information content (AvgIpc) is 3.26. The predicted octanol–water partition coefficient (Wildman–Crippen LogP) is 3.73. The van der Waals surface area contributed by atoms with Gasteiger partial charge in [0.15, 0.2) is 10.9 Å². The number of carbonyl (C=O) groups is 2. The molecule has 0 atom stereocenters. The molecule has 0 bridgehead atoms. The topological polar surface area (TPSA) is 94.2 Å². The van der Waals surface area contributed by atoms with E-state index in [1.165, 1.54) is 35.8 Å². The van der Waals surface area contributed by atoms with Gasteiger partial charge in [-0.3, -0.25) is 19.0 Å². The first-order chi connectivity index (χ1) is 15.4. The van der Waals surface area contributed by atoms with Crippen molar-refractivity contribution in [1.82, 2.24) is 14.9 Å².